The van der Waals surface area contributed by atoms with E-state index in [4.69, 9.17) is 4.74 Å². The Morgan fingerprint density at radius 1 is 1.13 bits per heavy atom. The number of anilines is 1. The van der Waals surface area contributed by atoms with Crippen LogP contribution in [-0.2, 0) is 4.74 Å². The van der Waals surface area contributed by atoms with E-state index < -0.39 is 0 Å². The van der Waals surface area contributed by atoms with Crippen LogP contribution in [0.15, 0.2) is 41.5 Å². The van der Waals surface area contributed by atoms with Gasteiger partial charge in [0.15, 0.2) is 0 Å². The number of hydrogen-bond acceptors (Lipinski definition) is 4. The van der Waals surface area contributed by atoms with Gasteiger partial charge < -0.3 is 19.5 Å². The molecule has 1 aromatic heterocycles. The number of H-pyrrole nitrogens is 1. The third-order valence-electron chi connectivity index (χ3n) is 3.95. The largest absolute Gasteiger partial charge is 0.450 e. The van der Waals surface area contributed by atoms with Gasteiger partial charge in [0.05, 0.1) is 12.3 Å². The van der Waals surface area contributed by atoms with Crippen LogP contribution in [0.2, 0.25) is 0 Å². The molecule has 2 heterocycles. The van der Waals surface area contributed by atoms with Crippen LogP contribution in [0.25, 0.3) is 5.69 Å². The molecule has 0 aliphatic carbocycles. The number of hydrogen-bond donors (Lipinski definition) is 1. The van der Waals surface area contributed by atoms with E-state index in [0.29, 0.717) is 19.7 Å². The highest BCUT2D eigenvalue weighted by atomic mass is 16.6. The van der Waals surface area contributed by atoms with E-state index in [-0.39, 0.29) is 11.8 Å². The minimum atomic E-state index is -0.241. The standard InChI is InChI=1S/C16H20N4O3/c1-2-23-16(22)19-11-9-18(10-12-19)13-3-5-14(6-4-13)20-8-7-17-15(20)21/h3-8H,2,9-12H2,1H3,(H,17,21). The van der Waals surface area contributed by atoms with Crippen molar-refractivity contribution in [2.24, 2.45) is 0 Å². The highest BCUT2D eigenvalue weighted by Crippen LogP contribution is 2.18. The van der Waals surface area contributed by atoms with Gasteiger partial charge in [-0.2, -0.15) is 0 Å². The normalized spacial score (nSPS) is 14.8. The Bertz CT molecular complexity index is 711. The maximum Gasteiger partial charge on any atom is 0.409 e. The van der Waals surface area contributed by atoms with Gasteiger partial charge in [0, 0.05) is 44.3 Å². The average molecular weight is 316 g/mol. The molecule has 2 aromatic rings. The van der Waals surface area contributed by atoms with Gasteiger partial charge in [-0.05, 0) is 31.2 Å². The van der Waals surface area contributed by atoms with Gasteiger partial charge in [0.1, 0.15) is 0 Å². The molecule has 1 amide bonds. The molecular formula is C16H20N4O3. The summed E-state index contributed by atoms with van der Waals surface area (Å²) >= 11 is 0. The second-order valence-electron chi connectivity index (χ2n) is 5.32. The number of amides is 1. The first-order chi connectivity index (χ1) is 11.2. The van der Waals surface area contributed by atoms with Gasteiger partial charge in [-0.15, -0.1) is 0 Å². The molecule has 7 heteroatoms. The van der Waals surface area contributed by atoms with Gasteiger partial charge in [-0.25, -0.2) is 9.59 Å². The highest BCUT2D eigenvalue weighted by Gasteiger charge is 2.21. The number of nitrogens with zero attached hydrogens (tertiary/aromatic N) is 3. The fourth-order valence-corrected chi connectivity index (χ4v) is 2.71. The summed E-state index contributed by atoms with van der Waals surface area (Å²) in [5.74, 6) is 0. The number of nitrogens with one attached hydrogen (secondary N) is 1. The number of carbonyl (C=O) groups is 1. The fourth-order valence-electron chi connectivity index (χ4n) is 2.71. The SMILES string of the molecule is CCOC(=O)N1CCN(c2ccc(-n3cc[nH]c3=O)cc2)CC1. The Labute approximate surface area is 134 Å². The van der Waals surface area contributed by atoms with Gasteiger partial charge in [-0.1, -0.05) is 0 Å². The van der Waals surface area contributed by atoms with Crippen LogP contribution in [0.4, 0.5) is 10.5 Å². The van der Waals surface area contributed by atoms with Crippen molar-refractivity contribution in [3.05, 3.63) is 47.1 Å². The van der Waals surface area contributed by atoms with Crippen molar-refractivity contribution in [3.63, 3.8) is 0 Å². The molecule has 23 heavy (non-hydrogen) atoms. The molecule has 122 valence electrons. The van der Waals surface area contributed by atoms with Gasteiger partial charge >= 0.3 is 11.8 Å². The van der Waals surface area contributed by atoms with Crippen molar-refractivity contribution in [3.8, 4) is 5.69 Å². The summed E-state index contributed by atoms with van der Waals surface area (Å²) in [4.78, 5) is 29.9. The number of benzene rings is 1. The van der Waals surface area contributed by atoms with E-state index in [9.17, 15) is 9.59 Å². The number of ether oxygens (including phenoxy) is 1. The summed E-state index contributed by atoms with van der Waals surface area (Å²) < 4.78 is 6.58. The first kappa shape index (κ1) is 15.2. The summed E-state index contributed by atoms with van der Waals surface area (Å²) in [5.41, 5.74) is 1.76. The molecule has 1 fully saturated rings. The lowest BCUT2D eigenvalue weighted by Crippen LogP contribution is -2.49. The number of carbonyl (C=O) groups excluding carboxylic acids is 1. The zero-order chi connectivity index (χ0) is 16.2. The summed E-state index contributed by atoms with van der Waals surface area (Å²) in [6, 6.07) is 7.83. The lowest BCUT2D eigenvalue weighted by Gasteiger charge is -2.35. The number of aromatic nitrogens is 2. The van der Waals surface area contributed by atoms with Crippen LogP contribution in [0.3, 0.4) is 0 Å². The average Bonchev–Trinajstić information content (AvgIpc) is 3.01. The Morgan fingerprint density at radius 2 is 1.78 bits per heavy atom. The summed E-state index contributed by atoms with van der Waals surface area (Å²) in [7, 11) is 0. The fraction of sp³-hybridized carbons (Fsp3) is 0.375. The first-order valence-corrected chi connectivity index (χ1v) is 7.72. The van der Waals surface area contributed by atoms with Crippen LogP contribution < -0.4 is 10.6 Å². The Morgan fingerprint density at radius 3 is 2.35 bits per heavy atom. The predicted molar refractivity (Wildman–Crippen MR) is 87.2 cm³/mol. The molecule has 0 bridgehead atoms. The quantitative estimate of drug-likeness (QED) is 0.930. The first-order valence-electron chi connectivity index (χ1n) is 7.72. The van der Waals surface area contributed by atoms with E-state index in [2.05, 4.69) is 9.88 Å². The van der Waals surface area contributed by atoms with E-state index in [0.717, 1.165) is 24.5 Å². The third-order valence-corrected chi connectivity index (χ3v) is 3.95. The van der Waals surface area contributed by atoms with E-state index in [1.165, 1.54) is 0 Å². The van der Waals surface area contributed by atoms with Crippen LogP contribution in [0, 0.1) is 0 Å². The monoisotopic (exact) mass is 316 g/mol. The summed E-state index contributed by atoms with van der Waals surface area (Å²) in [6.07, 6.45) is 3.08. The van der Waals surface area contributed by atoms with Gasteiger partial charge in [0.2, 0.25) is 0 Å². The van der Waals surface area contributed by atoms with E-state index in [1.807, 2.05) is 31.2 Å². The van der Waals surface area contributed by atoms with Crippen LogP contribution >= 0.6 is 0 Å². The summed E-state index contributed by atoms with van der Waals surface area (Å²) in [5, 5.41) is 0. The zero-order valence-electron chi connectivity index (χ0n) is 13.1. The Hall–Kier alpha value is -2.70. The second-order valence-corrected chi connectivity index (χ2v) is 5.32. The molecule has 0 unspecified atom stereocenters. The molecule has 0 atom stereocenters. The van der Waals surface area contributed by atoms with Crippen molar-refractivity contribution in [1.29, 1.82) is 0 Å². The lowest BCUT2D eigenvalue weighted by molar-refractivity contribution is 0.105. The second kappa shape index (κ2) is 6.60. The highest BCUT2D eigenvalue weighted by molar-refractivity contribution is 5.68. The van der Waals surface area contributed by atoms with Crippen molar-refractivity contribution >= 4 is 11.8 Å². The predicted octanol–water partition coefficient (Wildman–Crippen LogP) is 1.44. The molecule has 0 saturated carbocycles. The van der Waals surface area contributed by atoms with Crippen molar-refractivity contribution in [2.45, 2.75) is 6.92 Å². The molecular weight excluding hydrogens is 296 g/mol. The number of piperazine rings is 1. The molecule has 1 aromatic carbocycles. The smallest absolute Gasteiger partial charge is 0.409 e. The minimum Gasteiger partial charge on any atom is -0.450 e. The van der Waals surface area contributed by atoms with Gasteiger partial charge in [-0.3, -0.25) is 4.57 Å². The molecule has 1 saturated heterocycles. The molecule has 1 aliphatic heterocycles. The maximum atomic E-state index is 11.7. The minimum absolute atomic E-state index is 0.152. The molecule has 1 N–H and O–H groups in total. The topological polar surface area (TPSA) is 70.6 Å². The molecule has 1 aliphatic rings. The van der Waals surface area contributed by atoms with E-state index in [1.54, 1.807) is 21.9 Å². The number of imidazole rings is 1. The molecule has 0 spiro atoms. The zero-order valence-corrected chi connectivity index (χ0v) is 13.1. The van der Waals surface area contributed by atoms with Crippen molar-refractivity contribution in [1.82, 2.24) is 14.5 Å². The van der Waals surface area contributed by atoms with Crippen LogP contribution in [0.5, 0.6) is 0 Å². The number of aromatic amines is 1. The van der Waals surface area contributed by atoms with Crippen LogP contribution in [0.1, 0.15) is 6.92 Å². The molecule has 3 rings (SSSR count). The third kappa shape index (κ3) is 3.23. The van der Waals surface area contributed by atoms with E-state index >= 15 is 0 Å². The molecule has 0 radical (unpaired) electrons. The Kier molecular flexibility index (Phi) is 4.36. The van der Waals surface area contributed by atoms with Gasteiger partial charge in [0.25, 0.3) is 0 Å². The van der Waals surface area contributed by atoms with Crippen LogP contribution in [-0.4, -0.2) is 53.3 Å². The van der Waals surface area contributed by atoms with Crippen molar-refractivity contribution < 1.29 is 9.53 Å². The lowest BCUT2D eigenvalue weighted by atomic mass is 10.2. The molecule has 7 nitrogen and oxygen atoms in total. The maximum absolute atomic E-state index is 11.7. The summed E-state index contributed by atoms with van der Waals surface area (Å²) in [6.45, 7) is 5.05. The van der Waals surface area contributed by atoms with Crippen molar-refractivity contribution in [2.75, 3.05) is 37.7 Å². The number of rotatable bonds is 3. The Balaban J connectivity index is 1.64.